The van der Waals surface area contributed by atoms with Gasteiger partial charge in [0.25, 0.3) is 0 Å². The van der Waals surface area contributed by atoms with E-state index in [1.54, 1.807) is 26.2 Å². The number of carbonyl (C=O) groups is 1. The predicted octanol–water partition coefficient (Wildman–Crippen LogP) is 3.48. The van der Waals surface area contributed by atoms with Crippen molar-refractivity contribution in [3.63, 3.8) is 0 Å². The average Bonchev–Trinajstić information content (AvgIpc) is 2.40. The standard InChI is InChI=1S/C13H16Br2O5/c1-3-19-10(13(16)17)4-5-20-12-7-8(14)11(18-2)6-9(12)15/h6-7,10H,3-5H2,1-2H3,(H,16,17). The molecule has 0 aromatic heterocycles. The Balaban J connectivity index is 2.61. The van der Waals surface area contributed by atoms with E-state index in [2.05, 4.69) is 31.9 Å². The molecule has 1 aromatic rings. The van der Waals surface area contributed by atoms with E-state index in [-0.39, 0.29) is 13.0 Å². The van der Waals surface area contributed by atoms with Gasteiger partial charge in [-0.1, -0.05) is 0 Å². The quantitative estimate of drug-likeness (QED) is 0.709. The smallest absolute Gasteiger partial charge is 0.332 e. The summed E-state index contributed by atoms with van der Waals surface area (Å²) in [5.74, 6) is 0.311. The maximum Gasteiger partial charge on any atom is 0.332 e. The first kappa shape index (κ1) is 17.3. The lowest BCUT2D eigenvalue weighted by molar-refractivity contribution is -0.150. The second kappa shape index (κ2) is 8.49. The third kappa shape index (κ3) is 4.96. The topological polar surface area (TPSA) is 65.0 Å². The molecule has 0 radical (unpaired) electrons. The number of ether oxygens (including phenoxy) is 3. The van der Waals surface area contributed by atoms with Gasteiger partial charge in [-0.25, -0.2) is 4.79 Å². The number of carboxylic acids is 1. The Morgan fingerprint density at radius 1 is 1.30 bits per heavy atom. The molecule has 5 nitrogen and oxygen atoms in total. The van der Waals surface area contributed by atoms with Crippen molar-refractivity contribution in [3.05, 3.63) is 21.1 Å². The molecule has 0 saturated carbocycles. The molecule has 0 fully saturated rings. The minimum atomic E-state index is -0.981. The Morgan fingerprint density at radius 2 is 1.90 bits per heavy atom. The number of halogens is 2. The fourth-order valence-corrected chi connectivity index (χ4v) is 2.45. The van der Waals surface area contributed by atoms with Crippen LogP contribution in [0.15, 0.2) is 21.1 Å². The molecule has 1 unspecified atom stereocenters. The fraction of sp³-hybridized carbons (Fsp3) is 0.462. The van der Waals surface area contributed by atoms with E-state index in [0.717, 1.165) is 8.95 Å². The lowest BCUT2D eigenvalue weighted by Crippen LogP contribution is -2.26. The van der Waals surface area contributed by atoms with Gasteiger partial charge in [0.15, 0.2) is 6.10 Å². The summed E-state index contributed by atoms with van der Waals surface area (Å²) in [4.78, 5) is 10.9. The van der Waals surface area contributed by atoms with E-state index in [1.165, 1.54) is 0 Å². The highest BCUT2D eigenvalue weighted by Gasteiger charge is 2.17. The second-order valence-electron chi connectivity index (χ2n) is 3.84. The molecular weight excluding hydrogens is 396 g/mol. The molecule has 0 aliphatic rings. The largest absolute Gasteiger partial charge is 0.496 e. The highest BCUT2D eigenvalue weighted by atomic mass is 79.9. The van der Waals surface area contributed by atoms with Crippen LogP contribution in [0.25, 0.3) is 0 Å². The van der Waals surface area contributed by atoms with Gasteiger partial charge in [0, 0.05) is 13.0 Å². The zero-order valence-corrected chi connectivity index (χ0v) is 14.4. The first-order valence-electron chi connectivity index (χ1n) is 5.99. The van der Waals surface area contributed by atoms with Crippen LogP contribution in [-0.2, 0) is 9.53 Å². The SMILES string of the molecule is CCOC(CCOc1cc(Br)c(OC)cc1Br)C(=O)O. The minimum Gasteiger partial charge on any atom is -0.496 e. The zero-order valence-electron chi connectivity index (χ0n) is 11.2. The molecular formula is C13H16Br2O5. The van der Waals surface area contributed by atoms with Crippen molar-refractivity contribution in [1.29, 1.82) is 0 Å². The Bertz CT molecular complexity index is 464. The molecule has 0 aliphatic heterocycles. The molecule has 1 aromatic carbocycles. The summed E-state index contributed by atoms with van der Waals surface area (Å²) in [5, 5.41) is 8.95. The van der Waals surface area contributed by atoms with Gasteiger partial charge in [0.05, 0.1) is 22.7 Å². The van der Waals surface area contributed by atoms with E-state index in [1.807, 2.05) is 0 Å². The van der Waals surface area contributed by atoms with E-state index in [0.29, 0.717) is 18.1 Å². The fourth-order valence-electron chi connectivity index (χ4n) is 1.53. The summed E-state index contributed by atoms with van der Waals surface area (Å²) >= 11 is 6.74. The molecule has 7 heteroatoms. The Morgan fingerprint density at radius 3 is 2.45 bits per heavy atom. The highest BCUT2D eigenvalue weighted by molar-refractivity contribution is 9.11. The van der Waals surface area contributed by atoms with Gasteiger partial charge in [-0.3, -0.25) is 0 Å². The van der Waals surface area contributed by atoms with Gasteiger partial charge in [0.1, 0.15) is 11.5 Å². The van der Waals surface area contributed by atoms with Gasteiger partial charge in [-0.2, -0.15) is 0 Å². The summed E-state index contributed by atoms with van der Waals surface area (Å²) in [5.41, 5.74) is 0. The van der Waals surface area contributed by atoms with Crippen LogP contribution < -0.4 is 9.47 Å². The molecule has 1 atom stereocenters. The number of rotatable bonds is 8. The maximum absolute atomic E-state index is 10.9. The molecule has 0 saturated heterocycles. The Labute approximate surface area is 134 Å². The second-order valence-corrected chi connectivity index (χ2v) is 5.55. The first-order chi connectivity index (χ1) is 9.49. The predicted molar refractivity (Wildman–Crippen MR) is 81.6 cm³/mol. The maximum atomic E-state index is 10.9. The van der Waals surface area contributed by atoms with Crippen LogP contribution in [0.4, 0.5) is 0 Å². The summed E-state index contributed by atoms with van der Waals surface area (Å²) in [6, 6.07) is 3.54. The van der Waals surface area contributed by atoms with Crippen LogP contribution in [0.1, 0.15) is 13.3 Å². The van der Waals surface area contributed by atoms with Crippen molar-refractivity contribution >= 4 is 37.8 Å². The lowest BCUT2D eigenvalue weighted by Gasteiger charge is -2.14. The van der Waals surface area contributed by atoms with Crippen LogP contribution in [0.2, 0.25) is 0 Å². The van der Waals surface area contributed by atoms with Crippen molar-refractivity contribution in [2.24, 2.45) is 0 Å². The van der Waals surface area contributed by atoms with Gasteiger partial charge >= 0.3 is 5.97 Å². The average molecular weight is 412 g/mol. The number of methoxy groups -OCH3 is 1. The number of hydrogen-bond acceptors (Lipinski definition) is 4. The normalized spacial score (nSPS) is 12.0. The van der Waals surface area contributed by atoms with E-state index >= 15 is 0 Å². The monoisotopic (exact) mass is 410 g/mol. The summed E-state index contributed by atoms with van der Waals surface area (Å²) in [6.07, 6.45) is -0.570. The molecule has 0 aliphatic carbocycles. The zero-order chi connectivity index (χ0) is 15.1. The molecule has 1 N–H and O–H groups in total. The number of hydrogen-bond donors (Lipinski definition) is 1. The van der Waals surface area contributed by atoms with Crippen molar-refractivity contribution < 1.29 is 24.1 Å². The lowest BCUT2D eigenvalue weighted by atomic mass is 10.2. The number of benzene rings is 1. The van der Waals surface area contributed by atoms with Crippen LogP contribution in [0, 0.1) is 0 Å². The van der Waals surface area contributed by atoms with E-state index in [9.17, 15) is 4.79 Å². The van der Waals surface area contributed by atoms with Gasteiger partial charge in [-0.05, 0) is 50.9 Å². The van der Waals surface area contributed by atoms with Crippen molar-refractivity contribution in [3.8, 4) is 11.5 Å². The van der Waals surface area contributed by atoms with Crippen LogP contribution >= 0.6 is 31.9 Å². The number of carboxylic acid groups (broad SMARTS) is 1. The molecule has 1 rings (SSSR count). The number of aliphatic carboxylic acids is 1. The minimum absolute atomic E-state index is 0.244. The summed E-state index contributed by atoms with van der Waals surface area (Å²) in [7, 11) is 1.58. The third-order valence-electron chi connectivity index (χ3n) is 2.49. The van der Waals surface area contributed by atoms with Crippen LogP contribution in [0.3, 0.4) is 0 Å². The molecule has 0 bridgehead atoms. The molecule has 20 heavy (non-hydrogen) atoms. The third-order valence-corrected chi connectivity index (χ3v) is 3.73. The van der Waals surface area contributed by atoms with E-state index in [4.69, 9.17) is 19.3 Å². The van der Waals surface area contributed by atoms with Gasteiger partial charge < -0.3 is 19.3 Å². The van der Waals surface area contributed by atoms with Crippen molar-refractivity contribution in [2.75, 3.05) is 20.3 Å². The summed E-state index contributed by atoms with van der Waals surface area (Å²) < 4.78 is 17.3. The Kier molecular flexibility index (Phi) is 7.32. The molecule has 112 valence electrons. The first-order valence-corrected chi connectivity index (χ1v) is 7.58. The van der Waals surface area contributed by atoms with Crippen LogP contribution in [-0.4, -0.2) is 37.5 Å². The molecule has 0 heterocycles. The van der Waals surface area contributed by atoms with Gasteiger partial charge in [0.2, 0.25) is 0 Å². The van der Waals surface area contributed by atoms with Gasteiger partial charge in [-0.15, -0.1) is 0 Å². The van der Waals surface area contributed by atoms with Crippen LogP contribution in [0.5, 0.6) is 11.5 Å². The Hall–Kier alpha value is -0.790. The molecule has 0 spiro atoms. The van der Waals surface area contributed by atoms with Crippen molar-refractivity contribution in [1.82, 2.24) is 0 Å². The summed E-state index contributed by atoms with van der Waals surface area (Å²) in [6.45, 7) is 2.36. The van der Waals surface area contributed by atoms with Crippen molar-refractivity contribution in [2.45, 2.75) is 19.4 Å². The molecule has 0 amide bonds. The highest BCUT2D eigenvalue weighted by Crippen LogP contribution is 2.36. The van der Waals surface area contributed by atoms with E-state index < -0.39 is 12.1 Å².